The third-order valence-corrected chi connectivity index (χ3v) is 2.01. The number of rotatable bonds is 1. The lowest BCUT2D eigenvalue weighted by molar-refractivity contribution is 0.101. The van der Waals surface area contributed by atoms with E-state index in [-0.39, 0.29) is 17.8 Å². The predicted molar refractivity (Wildman–Crippen MR) is 30.6 cm³/mol. The Bertz CT molecular complexity index is 101. The first-order chi connectivity index (χ1) is 3.57. The molecule has 2 nitrogen and oxygen atoms in total. The van der Waals surface area contributed by atoms with Gasteiger partial charge in [-0.1, -0.05) is 0 Å². The third-order valence-electron chi connectivity index (χ3n) is 2.01. The molecule has 0 aromatic rings. The molecule has 1 aliphatic heterocycles. The Hall–Kier alpha value is -0.0800. The van der Waals surface area contributed by atoms with Gasteiger partial charge in [0.15, 0.2) is 0 Å². The molecule has 48 valence electrons. The van der Waals surface area contributed by atoms with E-state index >= 15 is 0 Å². The average molecular weight is 116 g/mol. The van der Waals surface area contributed by atoms with Crippen molar-refractivity contribution in [2.45, 2.75) is 38.6 Å². The third kappa shape index (κ3) is 0.644. The van der Waals surface area contributed by atoms with Gasteiger partial charge in [0.2, 0.25) is 0 Å². The molecule has 0 amide bonds. The molecule has 1 N–H and O–H groups in total. The lowest BCUT2D eigenvalue weighted by atomic mass is 10.0. The van der Waals surface area contributed by atoms with Gasteiger partial charge in [-0.05, 0) is 20.8 Å². The number of epoxide rings is 1. The lowest BCUT2D eigenvalue weighted by Gasteiger charge is -2.06. The van der Waals surface area contributed by atoms with E-state index in [0.29, 0.717) is 0 Å². The predicted octanol–water partition coefficient (Wildman–Crippen LogP) is 0.545. The van der Waals surface area contributed by atoms with E-state index in [9.17, 15) is 0 Å². The van der Waals surface area contributed by atoms with Gasteiger partial charge < -0.3 is 9.84 Å². The zero-order chi connectivity index (χ0) is 6.36. The fourth-order valence-electron chi connectivity index (χ4n) is 0.785. The topological polar surface area (TPSA) is 32.8 Å². The summed E-state index contributed by atoms with van der Waals surface area (Å²) in [4.78, 5) is 0. The van der Waals surface area contributed by atoms with Crippen LogP contribution in [0.25, 0.3) is 0 Å². The molecule has 1 rings (SSSR count). The highest BCUT2D eigenvalue weighted by atomic mass is 16.6. The van der Waals surface area contributed by atoms with Crippen molar-refractivity contribution >= 4 is 0 Å². The van der Waals surface area contributed by atoms with Gasteiger partial charge in [0, 0.05) is 0 Å². The zero-order valence-electron chi connectivity index (χ0n) is 5.51. The van der Waals surface area contributed by atoms with Crippen LogP contribution in [-0.2, 0) is 4.74 Å². The summed E-state index contributed by atoms with van der Waals surface area (Å²) in [6.45, 7) is 5.64. The fraction of sp³-hybridized carbons (Fsp3) is 1.00. The van der Waals surface area contributed by atoms with Crippen LogP contribution in [0.4, 0.5) is 0 Å². The van der Waals surface area contributed by atoms with Gasteiger partial charge in [-0.15, -0.1) is 0 Å². The number of hydrogen-bond acceptors (Lipinski definition) is 2. The Morgan fingerprint density at radius 3 is 2.12 bits per heavy atom. The smallest absolute Gasteiger partial charge is 0.117 e. The highest BCUT2D eigenvalue weighted by Gasteiger charge is 2.52. The molecular weight excluding hydrogens is 104 g/mol. The molecule has 1 saturated heterocycles. The van der Waals surface area contributed by atoms with Crippen molar-refractivity contribution in [2.75, 3.05) is 0 Å². The van der Waals surface area contributed by atoms with Crippen LogP contribution in [-0.4, -0.2) is 22.9 Å². The lowest BCUT2D eigenvalue weighted by Crippen LogP contribution is -2.24. The molecule has 1 heterocycles. The first-order valence-corrected chi connectivity index (χ1v) is 2.93. The van der Waals surface area contributed by atoms with Crippen molar-refractivity contribution in [3.05, 3.63) is 0 Å². The molecule has 0 radical (unpaired) electrons. The molecule has 8 heavy (non-hydrogen) atoms. The average Bonchev–Trinajstić information content (AvgIpc) is 2.17. The molecule has 0 aliphatic carbocycles. The maximum Gasteiger partial charge on any atom is 0.117 e. The van der Waals surface area contributed by atoms with Gasteiger partial charge in [-0.2, -0.15) is 0 Å². The molecule has 2 heteroatoms. The summed E-state index contributed by atoms with van der Waals surface area (Å²) in [5, 5.41) is 9.00. The SMILES string of the molecule is C[C@@H]1O[C@@]1(C)[C@@H](C)O. The van der Waals surface area contributed by atoms with E-state index in [0.717, 1.165) is 0 Å². The molecule has 0 spiro atoms. The van der Waals surface area contributed by atoms with Crippen LogP contribution in [0.2, 0.25) is 0 Å². The molecule has 0 bridgehead atoms. The van der Waals surface area contributed by atoms with Gasteiger partial charge in [0.05, 0.1) is 12.2 Å². The summed E-state index contributed by atoms with van der Waals surface area (Å²) in [5.74, 6) is 0. The maximum absolute atomic E-state index is 9.00. The summed E-state index contributed by atoms with van der Waals surface area (Å²) in [6.07, 6.45) is -0.0972. The normalized spacial score (nSPS) is 48.8. The van der Waals surface area contributed by atoms with Gasteiger partial charge >= 0.3 is 0 Å². The van der Waals surface area contributed by atoms with Gasteiger partial charge in [0.1, 0.15) is 5.60 Å². The molecule has 0 aromatic heterocycles. The number of aliphatic hydroxyl groups is 1. The maximum atomic E-state index is 9.00. The van der Waals surface area contributed by atoms with Crippen LogP contribution in [0.15, 0.2) is 0 Å². The molecule has 0 aromatic carbocycles. The summed E-state index contributed by atoms with van der Waals surface area (Å²) in [6, 6.07) is 0. The second kappa shape index (κ2) is 1.45. The van der Waals surface area contributed by atoms with E-state index in [1.54, 1.807) is 6.92 Å². The molecule has 3 atom stereocenters. The van der Waals surface area contributed by atoms with Crippen molar-refractivity contribution in [1.82, 2.24) is 0 Å². The molecule has 0 unspecified atom stereocenters. The van der Waals surface area contributed by atoms with Crippen LogP contribution in [0.5, 0.6) is 0 Å². The molecule has 1 aliphatic rings. The van der Waals surface area contributed by atoms with E-state index in [4.69, 9.17) is 9.84 Å². The minimum atomic E-state index is -0.336. The second-order valence-corrected chi connectivity index (χ2v) is 2.62. The van der Waals surface area contributed by atoms with Crippen molar-refractivity contribution in [3.8, 4) is 0 Å². The summed E-state index contributed by atoms with van der Waals surface area (Å²) >= 11 is 0. The van der Waals surface area contributed by atoms with Crippen LogP contribution in [0.1, 0.15) is 20.8 Å². The Balaban J connectivity index is 2.47. The van der Waals surface area contributed by atoms with E-state index < -0.39 is 0 Å². The Kier molecular flexibility index (Phi) is 1.10. The van der Waals surface area contributed by atoms with Crippen LogP contribution in [0, 0.1) is 0 Å². The number of hydrogen-bond donors (Lipinski definition) is 1. The monoisotopic (exact) mass is 116 g/mol. The Morgan fingerprint density at radius 1 is 1.75 bits per heavy atom. The van der Waals surface area contributed by atoms with Gasteiger partial charge in [-0.3, -0.25) is 0 Å². The minimum Gasteiger partial charge on any atom is -0.390 e. The van der Waals surface area contributed by atoms with Gasteiger partial charge in [0.25, 0.3) is 0 Å². The fourth-order valence-corrected chi connectivity index (χ4v) is 0.785. The highest BCUT2D eigenvalue weighted by Crippen LogP contribution is 2.38. The van der Waals surface area contributed by atoms with E-state index in [1.807, 2.05) is 13.8 Å². The Morgan fingerprint density at radius 2 is 2.12 bits per heavy atom. The van der Waals surface area contributed by atoms with Crippen molar-refractivity contribution in [3.63, 3.8) is 0 Å². The number of aliphatic hydroxyl groups excluding tert-OH is 1. The first-order valence-electron chi connectivity index (χ1n) is 2.93. The quantitative estimate of drug-likeness (QED) is 0.507. The van der Waals surface area contributed by atoms with Crippen LogP contribution < -0.4 is 0 Å². The number of ether oxygens (including phenoxy) is 1. The molecule has 0 saturated carbocycles. The van der Waals surface area contributed by atoms with Crippen molar-refractivity contribution in [2.24, 2.45) is 0 Å². The Labute approximate surface area is 49.5 Å². The largest absolute Gasteiger partial charge is 0.390 e. The van der Waals surface area contributed by atoms with Crippen LogP contribution >= 0.6 is 0 Å². The van der Waals surface area contributed by atoms with E-state index in [1.165, 1.54) is 0 Å². The van der Waals surface area contributed by atoms with Crippen molar-refractivity contribution in [1.29, 1.82) is 0 Å². The van der Waals surface area contributed by atoms with Crippen LogP contribution in [0.3, 0.4) is 0 Å². The zero-order valence-corrected chi connectivity index (χ0v) is 5.51. The minimum absolute atomic E-state index is 0.236. The summed E-state index contributed by atoms with van der Waals surface area (Å²) in [5.41, 5.74) is -0.236. The molecule has 1 fully saturated rings. The van der Waals surface area contributed by atoms with Gasteiger partial charge in [-0.25, -0.2) is 0 Å². The second-order valence-electron chi connectivity index (χ2n) is 2.62. The highest BCUT2D eigenvalue weighted by molar-refractivity contribution is 4.99. The van der Waals surface area contributed by atoms with E-state index in [2.05, 4.69) is 0 Å². The van der Waals surface area contributed by atoms with Crippen molar-refractivity contribution < 1.29 is 9.84 Å². The standard InChI is InChI=1S/C6H12O2/c1-4(7)6(3)5(2)8-6/h4-5,7H,1-3H3/t4-,5+,6+/m1/s1. The summed E-state index contributed by atoms with van der Waals surface area (Å²) in [7, 11) is 0. The first kappa shape index (κ1) is 6.05. The summed E-state index contributed by atoms with van der Waals surface area (Å²) < 4.78 is 5.12. The molecular formula is C6H12O2.